The average molecular weight is 530 g/mol. The quantitative estimate of drug-likeness (QED) is 0.338. The van der Waals surface area contributed by atoms with E-state index in [0.717, 1.165) is 34.3 Å². The number of para-hydroxylation sites is 2. The van der Waals surface area contributed by atoms with Gasteiger partial charge in [-0.25, -0.2) is 13.4 Å². The Kier molecular flexibility index (Phi) is 5.77. The van der Waals surface area contributed by atoms with Gasteiger partial charge in [0.05, 0.1) is 26.5 Å². The number of sulfonamides is 1. The highest BCUT2D eigenvalue weighted by Gasteiger charge is 2.29. The molecule has 0 aliphatic carbocycles. The van der Waals surface area contributed by atoms with Crippen LogP contribution in [0.3, 0.4) is 0 Å². The largest absolute Gasteiger partial charge is 0.306 e. The lowest BCUT2D eigenvalue weighted by Crippen LogP contribution is -2.35. The molecule has 0 radical (unpaired) electrons. The molecule has 1 N–H and O–H groups in total. The topological polar surface area (TPSA) is 97.2 Å². The Morgan fingerprint density at radius 1 is 1.00 bits per heavy atom. The molecule has 8 nitrogen and oxygen atoms in total. The Bertz CT molecular complexity index is 1710. The second-order valence-electron chi connectivity index (χ2n) is 8.83. The fourth-order valence-electron chi connectivity index (χ4n) is 4.53. The van der Waals surface area contributed by atoms with Crippen LogP contribution in [0.2, 0.25) is 0 Å². The SMILES string of the molecule is Cc1cc(NC(=O)c2ccc(S(=O)(=O)N3CCCc4ccccc43)cc2)n(-c2nc3ccccc3s2)n1. The lowest BCUT2D eigenvalue weighted by atomic mass is 10.0. The molecule has 0 atom stereocenters. The first-order valence-corrected chi connectivity index (χ1v) is 14.1. The number of aryl methyl sites for hydroxylation is 2. The number of carbonyl (C=O) groups excluding carboxylic acids is 1. The minimum Gasteiger partial charge on any atom is -0.306 e. The highest BCUT2D eigenvalue weighted by atomic mass is 32.2. The van der Waals surface area contributed by atoms with Gasteiger partial charge in [0.15, 0.2) is 0 Å². The summed E-state index contributed by atoms with van der Waals surface area (Å²) in [4.78, 5) is 17.9. The van der Waals surface area contributed by atoms with E-state index < -0.39 is 10.0 Å². The maximum Gasteiger partial charge on any atom is 0.264 e. The number of aromatic nitrogens is 3. The van der Waals surface area contributed by atoms with Crippen LogP contribution >= 0.6 is 11.3 Å². The molecular weight excluding hydrogens is 506 g/mol. The summed E-state index contributed by atoms with van der Waals surface area (Å²) < 4.78 is 30.9. The van der Waals surface area contributed by atoms with Gasteiger partial charge in [0.2, 0.25) is 5.13 Å². The van der Waals surface area contributed by atoms with Gasteiger partial charge in [0.1, 0.15) is 5.82 Å². The molecule has 0 spiro atoms. The minimum atomic E-state index is -3.75. The average Bonchev–Trinajstić information content (AvgIpc) is 3.51. The summed E-state index contributed by atoms with van der Waals surface area (Å²) in [5, 5.41) is 8.04. The lowest BCUT2D eigenvalue weighted by molar-refractivity contribution is 0.102. The predicted octanol–water partition coefficient (Wildman–Crippen LogP) is 5.18. The molecule has 37 heavy (non-hydrogen) atoms. The van der Waals surface area contributed by atoms with Crippen LogP contribution in [0, 0.1) is 6.92 Å². The van der Waals surface area contributed by atoms with Gasteiger partial charge >= 0.3 is 0 Å². The molecule has 0 fully saturated rings. The molecular formula is C27H23N5O3S2. The van der Waals surface area contributed by atoms with Crippen LogP contribution in [0.5, 0.6) is 0 Å². The molecule has 5 aromatic rings. The van der Waals surface area contributed by atoms with Crippen LogP contribution in [-0.2, 0) is 16.4 Å². The molecule has 0 saturated heterocycles. The molecule has 0 saturated carbocycles. The summed E-state index contributed by atoms with van der Waals surface area (Å²) in [7, 11) is -3.75. The van der Waals surface area contributed by atoms with Gasteiger partial charge in [-0.2, -0.15) is 9.78 Å². The van der Waals surface area contributed by atoms with Crippen molar-refractivity contribution in [3.63, 3.8) is 0 Å². The second kappa shape index (κ2) is 9.13. The number of nitrogens with zero attached hydrogens (tertiary/aromatic N) is 4. The van der Waals surface area contributed by atoms with Crippen LogP contribution in [0.1, 0.15) is 28.0 Å². The van der Waals surface area contributed by atoms with Crippen LogP contribution in [0.4, 0.5) is 11.5 Å². The smallest absolute Gasteiger partial charge is 0.264 e. The number of hydrogen-bond acceptors (Lipinski definition) is 6. The number of fused-ring (bicyclic) bond motifs is 2. The van der Waals surface area contributed by atoms with Crippen LogP contribution in [0.15, 0.2) is 83.8 Å². The van der Waals surface area contributed by atoms with E-state index in [4.69, 9.17) is 0 Å². The van der Waals surface area contributed by atoms with Gasteiger partial charge in [0.25, 0.3) is 15.9 Å². The standard InChI is InChI=1S/C27H23N5O3S2/c1-18-17-25(32(30-18)27-28-22-9-3-5-11-24(22)36-27)29-26(33)20-12-14-21(15-13-20)37(34,35)31-16-6-8-19-7-2-4-10-23(19)31/h2-5,7,9-15,17H,6,8,16H2,1H3,(H,29,33). The first-order valence-electron chi connectivity index (χ1n) is 11.8. The Balaban J connectivity index is 1.25. The van der Waals surface area contributed by atoms with Gasteiger partial charge in [0, 0.05) is 18.2 Å². The Labute approximate surface area is 218 Å². The zero-order valence-electron chi connectivity index (χ0n) is 20.0. The molecule has 0 unspecified atom stereocenters. The van der Waals surface area contributed by atoms with E-state index in [1.807, 2.05) is 55.5 Å². The van der Waals surface area contributed by atoms with Crippen molar-refractivity contribution in [1.82, 2.24) is 14.8 Å². The third kappa shape index (κ3) is 4.28. The maximum atomic E-state index is 13.4. The third-order valence-electron chi connectivity index (χ3n) is 6.31. The van der Waals surface area contributed by atoms with E-state index in [0.29, 0.717) is 28.7 Å². The molecule has 186 valence electrons. The predicted molar refractivity (Wildman–Crippen MR) is 145 cm³/mol. The number of hydrogen-bond donors (Lipinski definition) is 1. The van der Waals surface area contributed by atoms with Gasteiger partial charge in [-0.1, -0.05) is 41.7 Å². The molecule has 1 aliphatic heterocycles. The summed E-state index contributed by atoms with van der Waals surface area (Å²) in [5.41, 5.74) is 3.67. The molecule has 3 aromatic carbocycles. The van der Waals surface area contributed by atoms with Crippen molar-refractivity contribution in [1.29, 1.82) is 0 Å². The third-order valence-corrected chi connectivity index (χ3v) is 9.15. The van der Waals surface area contributed by atoms with Crippen LogP contribution in [-0.4, -0.2) is 35.6 Å². The number of amides is 1. The van der Waals surface area contributed by atoms with E-state index in [-0.39, 0.29) is 10.8 Å². The molecule has 1 amide bonds. The molecule has 10 heteroatoms. The van der Waals surface area contributed by atoms with Crippen molar-refractivity contribution in [2.24, 2.45) is 0 Å². The number of carbonyl (C=O) groups is 1. The Morgan fingerprint density at radius 3 is 2.57 bits per heavy atom. The Morgan fingerprint density at radius 2 is 1.76 bits per heavy atom. The monoisotopic (exact) mass is 529 g/mol. The summed E-state index contributed by atoms with van der Waals surface area (Å²) in [6.45, 7) is 2.27. The van der Waals surface area contributed by atoms with Crippen molar-refractivity contribution < 1.29 is 13.2 Å². The fourth-order valence-corrected chi connectivity index (χ4v) is 7.00. The molecule has 1 aliphatic rings. The normalized spacial score (nSPS) is 13.5. The van der Waals surface area contributed by atoms with Crippen molar-refractivity contribution in [3.8, 4) is 5.13 Å². The zero-order chi connectivity index (χ0) is 25.6. The van der Waals surface area contributed by atoms with Crippen molar-refractivity contribution >= 4 is 49.0 Å². The van der Waals surface area contributed by atoms with Crippen molar-refractivity contribution in [2.45, 2.75) is 24.7 Å². The lowest BCUT2D eigenvalue weighted by Gasteiger charge is -2.30. The molecule has 6 rings (SSSR count). The molecule has 2 aromatic heterocycles. The summed E-state index contributed by atoms with van der Waals surface area (Å²) >= 11 is 1.48. The van der Waals surface area contributed by atoms with Crippen molar-refractivity contribution in [3.05, 3.63) is 95.7 Å². The van der Waals surface area contributed by atoms with E-state index in [2.05, 4.69) is 15.4 Å². The summed E-state index contributed by atoms with van der Waals surface area (Å²) in [6, 6.07) is 23.2. The Hall–Kier alpha value is -4.02. The highest BCUT2D eigenvalue weighted by molar-refractivity contribution is 7.92. The van der Waals surface area contributed by atoms with Gasteiger partial charge in [-0.3, -0.25) is 9.10 Å². The fraction of sp³-hybridized carbons (Fsp3) is 0.148. The maximum absolute atomic E-state index is 13.4. The summed E-state index contributed by atoms with van der Waals surface area (Å²) in [5.74, 6) is 0.123. The molecule has 0 bridgehead atoms. The minimum absolute atomic E-state index is 0.149. The number of nitrogens with one attached hydrogen (secondary N) is 1. The first kappa shape index (κ1) is 23.4. The van der Waals surface area contributed by atoms with Gasteiger partial charge in [-0.05, 0) is 67.8 Å². The van der Waals surface area contributed by atoms with Crippen LogP contribution < -0.4 is 9.62 Å². The van der Waals surface area contributed by atoms with E-state index in [1.54, 1.807) is 10.7 Å². The molecule has 3 heterocycles. The van der Waals surface area contributed by atoms with Crippen molar-refractivity contribution in [2.75, 3.05) is 16.2 Å². The van der Waals surface area contributed by atoms with E-state index in [1.165, 1.54) is 39.9 Å². The highest BCUT2D eigenvalue weighted by Crippen LogP contribution is 2.32. The van der Waals surface area contributed by atoms with Crippen LogP contribution in [0.25, 0.3) is 15.3 Å². The number of anilines is 2. The first-order chi connectivity index (χ1) is 17.9. The number of thiazole rings is 1. The van der Waals surface area contributed by atoms with Gasteiger partial charge < -0.3 is 5.32 Å². The van der Waals surface area contributed by atoms with Gasteiger partial charge in [-0.15, -0.1) is 0 Å². The van der Waals surface area contributed by atoms with E-state index >= 15 is 0 Å². The second-order valence-corrected chi connectivity index (χ2v) is 11.7. The zero-order valence-corrected chi connectivity index (χ0v) is 21.6. The summed E-state index contributed by atoms with van der Waals surface area (Å²) in [6.07, 6.45) is 1.62. The number of rotatable bonds is 5. The number of benzene rings is 3. The van der Waals surface area contributed by atoms with E-state index in [9.17, 15) is 13.2 Å².